The molecule has 29 heavy (non-hydrogen) atoms. The van der Waals surface area contributed by atoms with E-state index in [1.54, 1.807) is 24.2 Å². The van der Waals surface area contributed by atoms with E-state index in [9.17, 15) is 9.59 Å². The predicted molar refractivity (Wildman–Crippen MR) is 113 cm³/mol. The number of carbonyl (C=O) groups excluding carboxylic acids is 2. The molecule has 0 radical (unpaired) electrons. The van der Waals surface area contributed by atoms with Crippen LogP contribution < -0.4 is 5.32 Å². The van der Waals surface area contributed by atoms with Crippen molar-refractivity contribution in [2.45, 2.75) is 12.8 Å². The molecule has 1 aliphatic rings. The third kappa shape index (κ3) is 4.19. The highest BCUT2D eigenvalue weighted by molar-refractivity contribution is 5.94. The summed E-state index contributed by atoms with van der Waals surface area (Å²) in [4.78, 5) is 31.0. The van der Waals surface area contributed by atoms with Crippen LogP contribution in [0.15, 0.2) is 79.1 Å². The molecule has 1 fully saturated rings. The van der Waals surface area contributed by atoms with Crippen molar-refractivity contribution in [1.82, 2.24) is 9.88 Å². The minimum absolute atomic E-state index is 0.000180. The first-order chi connectivity index (χ1) is 14.1. The molecule has 1 N–H and O–H groups in total. The SMILES string of the molecule is CC(=O)N1C[C@@H](C(=O)Nc2cccc(-c3cccnc3)c2)[C@H](c2ccccc2)C1. The van der Waals surface area contributed by atoms with E-state index in [0.717, 1.165) is 22.4 Å². The van der Waals surface area contributed by atoms with Crippen LogP contribution in [0.2, 0.25) is 0 Å². The summed E-state index contributed by atoms with van der Waals surface area (Å²) in [5.74, 6) is -0.365. The molecule has 4 rings (SSSR count). The molecule has 5 heteroatoms. The summed E-state index contributed by atoms with van der Waals surface area (Å²) in [7, 11) is 0. The topological polar surface area (TPSA) is 62.3 Å². The van der Waals surface area contributed by atoms with Gasteiger partial charge in [0.05, 0.1) is 5.92 Å². The summed E-state index contributed by atoms with van der Waals surface area (Å²) in [6, 6.07) is 21.6. The fourth-order valence-electron chi connectivity index (χ4n) is 3.91. The van der Waals surface area contributed by atoms with Crippen molar-refractivity contribution in [3.63, 3.8) is 0 Å². The number of nitrogens with zero attached hydrogens (tertiary/aromatic N) is 2. The number of aromatic nitrogens is 1. The molecule has 2 aromatic carbocycles. The molecule has 0 bridgehead atoms. The number of anilines is 1. The van der Waals surface area contributed by atoms with Gasteiger partial charge in [-0.15, -0.1) is 0 Å². The molecule has 2 heterocycles. The van der Waals surface area contributed by atoms with Crippen LogP contribution in [0.1, 0.15) is 18.4 Å². The van der Waals surface area contributed by atoms with Crippen LogP contribution in [0, 0.1) is 5.92 Å². The number of hydrogen-bond acceptors (Lipinski definition) is 3. The highest BCUT2D eigenvalue weighted by atomic mass is 16.2. The summed E-state index contributed by atoms with van der Waals surface area (Å²) in [6.45, 7) is 2.55. The first-order valence-electron chi connectivity index (χ1n) is 9.73. The van der Waals surface area contributed by atoms with Crippen LogP contribution in [0.5, 0.6) is 0 Å². The lowest BCUT2D eigenvalue weighted by atomic mass is 9.88. The molecular weight excluding hydrogens is 362 g/mol. The van der Waals surface area contributed by atoms with Crippen molar-refractivity contribution >= 4 is 17.5 Å². The van der Waals surface area contributed by atoms with Gasteiger partial charge in [0, 0.05) is 49.6 Å². The van der Waals surface area contributed by atoms with Gasteiger partial charge in [0.25, 0.3) is 0 Å². The Kier molecular flexibility index (Phi) is 5.38. The van der Waals surface area contributed by atoms with Crippen molar-refractivity contribution in [3.8, 4) is 11.1 Å². The van der Waals surface area contributed by atoms with Gasteiger partial charge in [-0.25, -0.2) is 0 Å². The van der Waals surface area contributed by atoms with Gasteiger partial charge in [-0.1, -0.05) is 48.5 Å². The molecule has 1 aliphatic heterocycles. The number of likely N-dealkylation sites (tertiary alicyclic amines) is 1. The van der Waals surface area contributed by atoms with Crippen LogP contribution in [-0.2, 0) is 9.59 Å². The number of carbonyl (C=O) groups is 2. The molecule has 0 aliphatic carbocycles. The molecule has 3 aromatic rings. The van der Waals surface area contributed by atoms with Gasteiger partial charge >= 0.3 is 0 Å². The second-order valence-electron chi connectivity index (χ2n) is 7.36. The second kappa shape index (κ2) is 8.27. The van der Waals surface area contributed by atoms with Crippen molar-refractivity contribution in [1.29, 1.82) is 0 Å². The van der Waals surface area contributed by atoms with Crippen LogP contribution in [0.25, 0.3) is 11.1 Å². The third-order valence-corrected chi connectivity index (χ3v) is 5.45. The number of nitrogens with one attached hydrogen (secondary N) is 1. The Bertz CT molecular complexity index is 1000. The predicted octanol–water partition coefficient (Wildman–Crippen LogP) is 3.95. The van der Waals surface area contributed by atoms with E-state index in [-0.39, 0.29) is 23.7 Å². The first-order valence-corrected chi connectivity index (χ1v) is 9.73. The third-order valence-electron chi connectivity index (χ3n) is 5.45. The quantitative estimate of drug-likeness (QED) is 0.740. The zero-order valence-electron chi connectivity index (χ0n) is 16.3. The fourth-order valence-corrected chi connectivity index (χ4v) is 3.91. The molecule has 1 aromatic heterocycles. The Morgan fingerprint density at radius 2 is 1.76 bits per heavy atom. The standard InChI is InChI=1S/C24H23N3O2/c1-17(28)27-15-22(18-7-3-2-4-8-18)23(16-27)24(29)26-21-11-5-9-19(13-21)20-10-6-12-25-14-20/h2-14,22-23H,15-16H2,1H3,(H,26,29)/t22-,23+/m0/s1. The van der Waals surface area contributed by atoms with Gasteiger partial charge < -0.3 is 10.2 Å². The van der Waals surface area contributed by atoms with Crippen molar-refractivity contribution in [2.75, 3.05) is 18.4 Å². The molecule has 0 saturated carbocycles. The summed E-state index contributed by atoms with van der Waals surface area (Å²) >= 11 is 0. The second-order valence-corrected chi connectivity index (χ2v) is 7.36. The van der Waals surface area contributed by atoms with Gasteiger partial charge in [-0.2, -0.15) is 0 Å². The molecule has 1 saturated heterocycles. The Balaban J connectivity index is 1.56. The summed E-state index contributed by atoms with van der Waals surface area (Å²) in [5.41, 5.74) is 3.81. The van der Waals surface area contributed by atoms with E-state index in [4.69, 9.17) is 0 Å². The van der Waals surface area contributed by atoms with Crippen molar-refractivity contribution in [2.24, 2.45) is 5.92 Å². The van der Waals surface area contributed by atoms with Crippen LogP contribution in [-0.4, -0.2) is 34.8 Å². The number of benzene rings is 2. The van der Waals surface area contributed by atoms with E-state index in [1.165, 1.54) is 0 Å². The minimum Gasteiger partial charge on any atom is -0.341 e. The summed E-state index contributed by atoms with van der Waals surface area (Å²) in [6.07, 6.45) is 3.54. The van der Waals surface area contributed by atoms with E-state index in [0.29, 0.717) is 13.1 Å². The molecule has 0 spiro atoms. The lowest BCUT2D eigenvalue weighted by Gasteiger charge is -2.18. The molecule has 2 atom stereocenters. The van der Waals surface area contributed by atoms with E-state index in [1.807, 2.05) is 66.7 Å². The normalized spacial score (nSPS) is 18.4. The van der Waals surface area contributed by atoms with Gasteiger partial charge in [-0.05, 0) is 29.3 Å². The Morgan fingerprint density at radius 1 is 0.966 bits per heavy atom. The largest absolute Gasteiger partial charge is 0.341 e. The first kappa shape index (κ1) is 18.9. The Hall–Kier alpha value is -3.47. The minimum atomic E-state index is -0.289. The molecule has 2 amide bonds. The van der Waals surface area contributed by atoms with Gasteiger partial charge in [-0.3, -0.25) is 14.6 Å². The van der Waals surface area contributed by atoms with Crippen molar-refractivity contribution in [3.05, 3.63) is 84.7 Å². The molecule has 5 nitrogen and oxygen atoms in total. The maximum Gasteiger partial charge on any atom is 0.229 e. The highest BCUT2D eigenvalue weighted by Crippen LogP contribution is 2.34. The zero-order valence-corrected chi connectivity index (χ0v) is 16.3. The van der Waals surface area contributed by atoms with E-state index < -0.39 is 0 Å². The van der Waals surface area contributed by atoms with Crippen LogP contribution >= 0.6 is 0 Å². The maximum absolute atomic E-state index is 13.2. The fraction of sp³-hybridized carbons (Fsp3) is 0.208. The number of rotatable bonds is 4. The zero-order chi connectivity index (χ0) is 20.2. The average molecular weight is 385 g/mol. The van der Waals surface area contributed by atoms with Crippen molar-refractivity contribution < 1.29 is 9.59 Å². The van der Waals surface area contributed by atoms with Gasteiger partial charge in [0.15, 0.2) is 0 Å². The van der Waals surface area contributed by atoms with Crippen LogP contribution in [0.3, 0.4) is 0 Å². The highest BCUT2D eigenvalue weighted by Gasteiger charge is 2.39. The van der Waals surface area contributed by atoms with E-state index >= 15 is 0 Å². The molecule has 146 valence electrons. The molecular formula is C24H23N3O2. The maximum atomic E-state index is 13.2. The summed E-state index contributed by atoms with van der Waals surface area (Å²) < 4.78 is 0. The number of pyridine rings is 1. The Morgan fingerprint density at radius 3 is 2.48 bits per heavy atom. The molecule has 0 unspecified atom stereocenters. The monoisotopic (exact) mass is 385 g/mol. The summed E-state index contributed by atoms with van der Waals surface area (Å²) in [5, 5.41) is 3.06. The smallest absolute Gasteiger partial charge is 0.229 e. The van der Waals surface area contributed by atoms with Crippen LogP contribution in [0.4, 0.5) is 5.69 Å². The average Bonchev–Trinajstić information content (AvgIpc) is 3.21. The Labute approximate surface area is 170 Å². The van der Waals surface area contributed by atoms with Gasteiger partial charge in [0.1, 0.15) is 0 Å². The number of amides is 2. The lowest BCUT2D eigenvalue weighted by molar-refractivity contribution is -0.128. The van der Waals surface area contributed by atoms with Gasteiger partial charge in [0.2, 0.25) is 11.8 Å². The van der Waals surface area contributed by atoms with E-state index in [2.05, 4.69) is 10.3 Å². The lowest BCUT2D eigenvalue weighted by Crippen LogP contribution is -2.30. The number of hydrogen-bond donors (Lipinski definition) is 1.